The SMILES string of the molecule is CC(C)CCC[C@@H](C)C(C(=O)O)C1(C)C=CCCC1.COCl. The summed E-state index contributed by atoms with van der Waals surface area (Å²) in [6.07, 6.45) is 10.9. The molecule has 0 aromatic carbocycles. The van der Waals surface area contributed by atoms with Crippen molar-refractivity contribution in [2.75, 3.05) is 7.11 Å². The lowest BCUT2D eigenvalue weighted by atomic mass is 9.65. The molecule has 0 radical (unpaired) electrons. The fraction of sp³-hybridized carbons (Fsp3) is 0.833. The van der Waals surface area contributed by atoms with E-state index >= 15 is 0 Å². The highest BCUT2D eigenvalue weighted by molar-refractivity contribution is 6.07. The third-order valence-corrected chi connectivity index (χ3v) is 4.57. The van der Waals surface area contributed by atoms with Gasteiger partial charge in [0.2, 0.25) is 0 Å². The van der Waals surface area contributed by atoms with Crippen molar-refractivity contribution in [3.8, 4) is 0 Å². The molecule has 0 aromatic heterocycles. The number of hydrogen-bond donors (Lipinski definition) is 1. The van der Waals surface area contributed by atoms with E-state index in [1.165, 1.54) is 13.5 Å². The molecule has 22 heavy (non-hydrogen) atoms. The van der Waals surface area contributed by atoms with Gasteiger partial charge in [0.25, 0.3) is 0 Å². The Morgan fingerprint density at radius 3 is 2.36 bits per heavy atom. The molecule has 0 saturated carbocycles. The second kappa shape index (κ2) is 11.1. The molecule has 1 N–H and O–H groups in total. The van der Waals surface area contributed by atoms with E-state index in [9.17, 15) is 9.90 Å². The van der Waals surface area contributed by atoms with Gasteiger partial charge in [-0.3, -0.25) is 9.08 Å². The van der Waals surface area contributed by atoms with Gasteiger partial charge >= 0.3 is 5.97 Å². The van der Waals surface area contributed by atoms with Crippen LogP contribution in [0, 0.1) is 23.2 Å². The highest BCUT2D eigenvalue weighted by Crippen LogP contribution is 2.43. The minimum absolute atomic E-state index is 0.151. The maximum atomic E-state index is 11.7. The minimum atomic E-state index is -0.619. The van der Waals surface area contributed by atoms with Gasteiger partial charge in [-0.25, -0.2) is 0 Å². The predicted octanol–water partition coefficient (Wildman–Crippen LogP) is 5.68. The first-order valence-corrected chi connectivity index (χ1v) is 8.64. The average Bonchev–Trinajstić information content (AvgIpc) is 2.39. The summed E-state index contributed by atoms with van der Waals surface area (Å²) >= 11 is 4.50. The Morgan fingerprint density at radius 2 is 1.95 bits per heavy atom. The molecule has 0 fully saturated rings. The van der Waals surface area contributed by atoms with Crippen LogP contribution in [0.5, 0.6) is 0 Å². The molecule has 0 amide bonds. The highest BCUT2D eigenvalue weighted by atomic mass is 35.5. The zero-order valence-electron chi connectivity index (χ0n) is 14.8. The molecule has 4 heteroatoms. The summed E-state index contributed by atoms with van der Waals surface area (Å²) in [5.74, 6) is 0.104. The molecule has 0 saturated heterocycles. The summed E-state index contributed by atoms with van der Waals surface area (Å²) in [4.78, 5) is 11.7. The Morgan fingerprint density at radius 1 is 1.36 bits per heavy atom. The Hall–Kier alpha value is -0.540. The van der Waals surface area contributed by atoms with Crippen LogP contribution in [0.15, 0.2) is 12.2 Å². The average molecular weight is 333 g/mol. The molecule has 130 valence electrons. The van der Waals surface area contributed by atoms with Crippen LogP contribution in [0.3, 0.4) is 0 Å². The van der Waals surface area contributed by atoms with Crippen molar-refractivity contribution in [3.63, 3.8) is 0 Å². The van der Waals surface area contributed by atoms with E-state index in [1.54, 1.807) is 0 Å². The number of hydrogen-bond acceptors (Lipinski definition) is 2. The van der Waals surface area contributed by atoms with Crippen LogP contribution in [-0.4, -0.2) is 18.2 Å². The molecule has 2 unspecified atom stereocenters. The van der Waals surface area contributed by atoms with Gasteiger partial charge < -0.3 is 5.11 Å². The molecule has 1 rings (SSSR count). The number of aliphatic carboxylic acids is 1. The van der Waals surface area contributed by atoms with Crippen molar-refractivity contribution in [1.29, 1.82) is 0 Å². The van der Waals surface area contributed by atoms with E-state index in [0.29, 0.717) is 5.92 Å². The summed E-state index contributed by atoms with van der Waals surface area (Å²) in [6, 6.07) is 0. The van der Waals surface area contributed by atoms with E-state index in [1.807, 2.05) is 0 Å². The van der Waals surface area contributed by atoms with Crippen LogP contribution in [0.2, 0.25) is 0 Å². The third-order valence-electron chi connectivity index (χ3n) is 4.57. The van der Waals surface area contributed by atoms with Crippen molar-refractivity contribution < 1.29 is 14.2 Å². The molecule has 3 nitrogen and oxygen atoms in total. The molecule has 1 aliphatic rings. The van der Waals surface area contributed by atoms with E-state index in [4.69, 9.17) is 0 Å². The van der Waals surface area contributed by atoms with Crippen LogP contribution in [-0.2, 0) is 9.08 Å². The Labute approximate surface area is 141 Å². The van der Waals surface area contributed by atoms with Gasteiger partial charge in [0, 0.05) is 0 Å². The Bertz CT molecular complexity index is 341. The monoisotopic (exact) mass is 332 g/mol. The van der Waals surface area contributed by atoms with Gasteiger partial charge in [-0.2, -0.15) is 0 Å². The van der Waals surface area contributed by atoms with Gasteiger partial charge in [-0.1, -0.05) is 52.7 Å². The van der Waals surface area contributed by atoms with Crippen molar-refractivity contribution >= 4 is 17.8 Å². The zero-order chi connectivity index (χ0) is 17.2. The maximum Gasteiger partial charge on any atom is 0.307 e. The van der Waals surface area contributed by atoms with E-state index in [-0.39, 0.29) is 17.3 Å². The van der Waals surface area contributed by atoms with Gasteiger partial charge in [0.1, 0.15) is 0 Å². The first kappa shape index (κ1) is 21.5. The molecule has 0 bridgehead atoms. The van der Waals surface area contributed by atoms with E-state index in [2.05, 4.69) is 56.0 Å². The van der Waals surface area contributed by atoms with Gasteiger partial charge in [-0.15, -0.1) is 0 Å². The van der Waals surface area contributed by atoms with Crippen molar-refractivity contribution in [2.45, 2.75) is 66.2 Å². The lowest BCUT2D eigenvalue weighted by molar-refractivity contribution is -0.148. The number of halogens is 1. The Balaban J connectivity index is 0.00000135. The second-order valence-electron chi connectivity index (χ2n) is 7.07. The second-order valence-corrected chi connectivity index (χ2v) is 7.38. The number of rotatable bonds is 7. The van der Waals surface area contributed by atoms with Crippen molar-refractivity contribution in [3.05, 3.63) is 12.2 Å². The third kappa shape index (κ3) is 7.64. The topological polar surface area (TPSA) is 46.5 Å². The molecular formula is C18H33ClO3. The molecule has 0 aromatic rings. The number of carboxylic acids is 1. The predicted molar refractivity (Wildman–Crippen MR) is 92.9 cm³/mol. The fourth-order valence-corrected chi connectivity index (χ4v) is 3.49. The fourth-order valence-electron chi connectivity index (χ4n) is 3.49. The van der Waals surface area contributed by atoms with Gasteiger partial charge in [-0.05, 0) is 42.9 Å². The highest BCUT2D eigenvalue weighted by Gasteiger charge is 2.40. The first-order valence-electron chi connectivity index (χ1n) is 8.33. The molecule has 0 spiro atoms. The minimum Gasteiger partial charge on any atom is -0.481 e. The standard InChI is InChI=1S/C17H30O2.CH3ClO/c1-13(2)9-8-10-14(3)15(16(18)19)17(4)11-6-5-7-12-17;1-3-2/h6,11,13-15H,5,7-10,12H2,1-4H3,(H,18,19);1H3/t14-,15?,17?;/m1./s1. The Kier molecular flexibility index (Phi) is 10.8. The lowest BCUT2D eigenvalue weighted by Crippen LogP contribution is -2.37. The maximum absolute atomic E-state index is 11.7. The first-order chi connectivity index (χ1) is 10.3. The molecular weight excluding hydrogens is 300 g/mol. The van der Waals surface area contributed by atoms with E-state index in [0.717, 1.165) is 32.1 Å². The van der Waals surface area contributed by atoms with Gasteiger partial charge in [0.15, 0.2) is 0 Å². The number of carbonyl (C=O) groups is 1. The smallest absolute Gasteiger partial charge is 0.307 e. The molecule has 1 aliphatic carbocycles. The van der Waals surface area contributed by atoms with Crippen LogP contribution in [0.25, 0.3) is 0 Å². The zero-order valence-corrected chi connectivity index (χ0v) is 15.5. The summed E-state index contributed by atoms with van der Waals surface area (Å²) in [5.41, 5.74) is -0.151. The van der Waals surface area contributed by atoms with Crippen LogP contribution in [0.1, 0.15) is 66.2 Å². The molecule has 0 heterocycles. The summed E-state index contributed by atoms with van der Waals surface area (Å²) in [5, 5.41) is 9.64. The summed E-state index contributed by atoms with van der Waals surface area (Å²) < 4.78 is 3.72. The number of carboxylic acid groups (broad SMARTS) is 1. The number of allylic oxidation sites excluding steroid dienone is 2. The largest absolute Gasteiger partial charge is 0.481 e. The lowest BCUT2D eigenvalue weighted by Gasteiger charge is -2.38. The van der Waals surface area contributed by atoms with Crippen molar-refractivity contribution in [2.24, 2.45) is 23.2 Å². The molecule has 3 atom stereocenters. The van der Waals surface area contributed by atoms with E-state index < -0.39 is 5.97 Å². The van der Waals surface area contributed by atoms with Crippen molar-refractivity contribution in [1.82, 2.24) is 0 Å². The summed E-state index contributed by atoms with van der Waals surface area (Å²) in [6.45, 7) is 8.70. The van der Waals surface area contributed by atoms with Gasteiger partial charge in [0.05, 0.1) is 24.9 Å². The van der Waals surface area contributed by atoms with Crippen LogP contribution in [0.4, 0.5) is 0 Å². The van der Waals surface area contributed by atoms with Crippen LogP contribution < -0.4 is 0 Å². The van der Waals surface area contributed by atoms with Crippen LogP contribution >= 0.6 is 11.9 Å². The quantitative estimate of drug-likeness (QED) is 0.610. The molecule has 0 aliphatic heterocycles. The normalized spacial score (nSPS) is 23.6. The summed E-state index contributed by atoms with van der Waals surface area (Å²) in [7, 11) is 1.39.